The number of fused-ring (bicyclic) bond motifs is 9. The van der Waals surface area contributed by atoms with E-state index >= 15 is 0 Å². The molecule has 0 aliphatic rings. The van der Waals surface area contributed by atoms with Crippen molar-refractivity contribution in [1.29, 1.82) is 0 Å². The predicted octanol–water partition coefficient (Wildman–Crippen LogP) is 12.2. The highest BCUT2D eigenvalue weighted by Gasteiger charge is 2.19. The summed E-state index contributed by atoms with van der Waals surface area (Å²) in [5.41, 5.74) is 7.81. The Balaban J connectivity index is 1.14. The highest BCUT2D eigenvalue weighted by atomic mass is 32.1. The zero-order valence-corrected chi connectivity index (χ0v) is 27.9. The van der Waals surface area contributed by atoms with Crippen molar-refractivity contribution in [2.24, 2.45) is 0 Å². The molecule has 0 radical (unpaired) electrons. The summed E-state index contributed by atoms with van der Waals surface area (Å²) in [5.74, 6) is 1.88. The predicted molar refractivity (Wildman–Crippen MR) is 211 cm³/mol. The highest BCUT2D eigenvalue weighted by molar-refractivity contribution is 7.25. The lowest BCUT2D eigenvalue weighted by Gasteiger charge is -2.10. The second kappa shape index (κ2) is 10.9. The fraction of sp³-hybridized carbons (Fsp3) is 0. The molecule has 0 saturated heterocycles. The summed E-state index contributed by atoms with van der Waals surface area (Å²) in [6.07, 6.45) is 0. The summed E-state index contributed by atoms with van der Waals surface area (Å²) in [6, 6.07) is 54.9. The quantitative estimate of drug-likeness (QED) is 0.187. The number of aromatic nitrogens is 4. The minimum atomic E-state index is 0.611. The molecule has 0 atom stereocenters. The third kappa shape index (κ3) is 4.37. The van der Waals surface area contributed by atoms with Gasteiger partial charge in [0.1, 0.15) is 11.2 Å². The number of para-hydroxylation sites is 2. The van der Waals surface area contributed by atoms with Gasteiger partial charge in [0.05, 0.1) is 22.1 Å². The molecule has 0 amide bonds. The number of hydrogen-bond acceptors (Lipinski definition) is 5. The summed E-state index contributed by atoms with van der Waals surface area (Å²) < 4.78 is 11.4. The summed E-state index contributed by atoms with van der Waals surface area (Å²) in [7, 11) is 0. The van der Waals surface area contributed by atoms with Crippen molar-refractivity contribution in [3.8, 4) is 39.9 Å². The first kappa shape index (κ1) is 28.2. The minimum absolute atomic E-state index is 0.611. The Kier molecular flexibility index (Phi) is 6.05. The maximum Gasteiger partial charge on any atom is 0.164 e. The Labute approximate surface area is 295 Å². The minimum Gasteiger partial charge on any atom is -0.456 e. The molecule has 6 heteroatoms. The zero-order valence-electron chi connectivity index (χ0n) is 27.1. The molecule has 4 aromatic heterocycles. The molecule has 0 N–H and O–H groups in total. The molecule has 7 aromatic carbocycles. The average Bonchev–Trinajstić information content (AvgIpc) is 3.87. The van der Waals surface area contributed by atoms with Crippen LogP contribution >= 0.6 is 11.3 Å². The number of thiophene rings is 1. The first-order valence-electron chi connectivity index (χ1n) is 16.9. The molecule has 5 nitrogen and oxygen atoms in total. The molecule has 0 fully saturated rings. The van der Waals surface area contributed by atoms with E-state index in [1.807, 2.05) is 48.5 Å². The van der Waals surface area contributed by atoms with Gasteiger partial charge in [-0.25, -0.2) is 15.0 Å². The van der Waals surface area contributed by atoms with E-state index in [2.05, 4.69) is 114 Å². The number of rotatable bonds is 4. The van der Waals surface area contributed by atoms with Gasteiger partial charge in [-0.1, -0.05) is 91.0 Å². The van der Waals surface area contributed by atoms with Gasteiger partial charge in [-0.3, -0.25) is 0 Å². The molecule has 11 aromatic rings. The maximum atomic E-state index is 6.50. The first-order valence-corrected chi connectivity index (χ1v) is 17.8. The lowest BCUT2D eigenvalue weighted by atomic mass is 10.1. The molecule has 0 aliphatic heterocycles. The van der Waals surface area contributed by atoms with Gasteiger partial charge in [0, 0.05) is 53.0 Å². The van der Waals surface area contributed by atoms with Gasteiger partial charge in [0.25, 0.3) is 0 Å². The van der Waals surface area contributed by atoms with E-state index in [1.54, 1.807) is 11.3 Å². The van der Waals surface area contributed by atoms with Gasteiger partial charge >= 0.3 is 0 Å². The van der Waals surface area contributed by atoms with Crippen molar-refractivity contribution in [1.82, 2.24) is 19.5 Å². The van der Waals surface area contributed by atoms with Crippen molar-refractivity contribution in [2.45, 2.75) is 0 Å². The largest absolute Gasteiger partial charge is 0.456 e. The lowest BCUT2D eigenvalue weighted by molar-refractivity contribution is 0.669. The number of benzene rings is 7. The van der Waals surface area contributed by atoms with E-state index in [0.29, 0.717) is 17.5 Å². The standard InChI is InChI=1S/C45H26N4OS/c1-2-11-27(12-3-1)43-46-44(48-45(47-43)29-22-24-41-33(25-29)32-15-6-9-20-40(32)51-41)28-21-23-38-34(26-28)42-37(18-10-19-39(42)50-38)49-35-16-7-4-13-30(35)31-14-5-8-17-36(31)49/h1-26H. The summed E-state index contributed by atoms with van der Waals surface area (Å²) >= 11 is 1.81. The van der Waals surface area contributed by atoms with Gasteiger partial charge < -0.3 is 8.98 Å². The molecular weight excluding hydrogens is 645 g/mol. The van der Waals surface area contributed by atoms with E-state index in [9.17, 15) is 0 Å². The van der Waals surface area contributed by atoms with E-state index in [0.717, 1.165) is 55.3 Å². The number of hydrogen-bond donors (Lipinski definition) is 0. The van der Waals surface area contributed by atoms with E-state index in [4.69, 9.17) is 19.4 Å². The Hall–Kier alpha value is -6.63. The van der Waals surface area contributed by atoms with Crippen molar-refractivity contribution in [3.05, 3.63) is 158 Å². The van der Waals surface area contributed by atoms with E-state index in [-0.39, 0.29) is 0 Å². The van der Waals surface area contributed by atoms with Crippen molar-refractivity contribution in [3.63, 3.8) is 0 Å². The summed E-state index contributed by atoms with van der Waals surface area (Å²) in [6.45, 7) is 0. The Morgan fingerprint density at radius 2 is 1.00 bits per heavy atom. The van der Waals surface area contributed by atoms with Crippen LogP contribution in [0.3, 0.4) is 0 Å². The van der Waals surface area contributed by atoms with Crippen molar-refractivity contribution >= 4 is 75.3 Å². The van der Waals surface area contributed by atoms with Crippen LogP contribution in [-0.4, -0.2) is 19.5 Å². The zero-order chi connectivity index (χ0) is 33.5. The SMILES string of the molecule is c1ccc(-c2nc(-c3ccc4sc5ccccc5c4c3)nc(-c3ccc4oc5cccc(-n6c7ccccc7c7ccccc76)c5c4c3)n2)cc1. The van der Waals surface area contributed by atoms with Crippen LogP contribution in [0, 0.1) is 0 Å². The van der Waals surface area contributed by atoms with Crippen LogP contribution in [0.2, 0.25) is 0 Å². The van der Waals surface area contributed by atoms with Crippen LogP contribution in [0.1, 0.15) is 0 Å². The van der Waals surface area contributed by atoms with Crippen LogP contribution < -0.4 is 0 Å². The monoisotopic (exact) mass is 670 g/mol. The van der Waals surface area contributed by atoms with Gasteiger partial charge in [-0.05, 0) is 66.7 Å². The molecule has 0 spiro atoms. The van der Waals surface area contributed by atoms with E-state index in [1.165, 1.54) is 30.9 Å². The molecule has 238 valence electrons. The smallest absolute Gasteiger partial charge is 0.164 e. The fourth-order valence-electron chi connectivity index (χ4n) is 7.53. The Bertz CT molecular complexity index is 3100. The maximum absolute atomic E-state index is 6.50. The van der Waals surface area contributed by atoms with Crippen molar-refractivity contribution < 1.29 is 4.42 Å². The summed E-state index contributed by atoms with van der Waals surface area (Å²) in [5, 5.41) is 6.95. The number of furan rings is 1. The summed E-state index contributed by atoms with van der Waals surface area (Å²) in [4.78, 5) is 15.3. The molecule has 0 unspecified atom stereocenters. The molecule has 51 heavy (non-hydrogen) atoms. The van der Waals surface area contributed by atoms with Crippen LogP contribution in [0.4, 0.5) is 0 Å². The van der Waals surface area contributed by atoms with Crippen LogP contribution in [0.5, 0.6) is 0 Å². The second-order valence-corrected chi connectivity index (χ2v) is 13.9. The van der Waals surface area contributed by atoms with Crippen LogP contribution in [0.25, 0.3) is 104 Å². The topological polar surface area (TPSA) is 56.7 Å². The molecule has 0 bridgehead atoms. The molecule has 0 aliphatic carbocycles. The molecule has 11 rings (SSSR count). The van der Waals surface area contributed by atoms with Gasteiger partial charge in [0.2, 0.25) is 0 Å². The van der Waals surface area contributed by atoms with Gasteiger partial charge in [-0.2, -0.15) is 0 Å². The average molecular weight is 671 g/mol. The van der Waals surface area contributed by atoms with E-state index < -0.39 is 0 Å². The van der Waals surface area contributed by atoms with Gasteiger partial charge in [-0.15, -0.1) is 11.3 Å². The van der Waals surface area contributed by atoms with Gasteiger partial charge in [0.15, 0.2) is 17.5 Å². The molecule has 0 saturated carbocycles. The first-order chi connectivity index (χ1) is 25.3. The number of nitrogens with zero attached hydrogens (tertiary/aromatic N) is 4. The highest BCUT2D eigenvalue weighted by Crippen LogP contribution is 2.40. The fourth-order valence-corrected chi connectivity index (χ4v) is 8.62. The molecular formula is C45H26N4OS. The normalized spacial score (nSPS) is 11.9. The third-order valence-electron chi connectivity index (χ3n) is 9.85. The van der Waals surface area contributed by atoms with Crippen LogP contribution in [0.15, 0.2) is 162 Å². The molecule has 4 heterocycles. The third-order valence-corrected chi connectivity index (χ3v) is 11.0. The van der Waals surface area contributed by atoms with Crippen molar-refractivity contribution in [2.75, 3.05) is 0 Å². The Morgan fingerprint density at radius 3 is 1.75 bits per heavy atom. The van der Waals surface area contributed by atoms with Crippen LogP contribution in [-0.2, 0) is 0 Å². The second-order valence-electron chi connectivity index (χ2n) is 12.8. The Morgan fingerprint density at radius 1 is 0.412 bits per heavy atom. The lowest BCUT2D eigenvalue weighted by Crippen LogP contribution is -2.00.